The molecule has 3 rings (SSSR count). The maximum Gasteiger partial charge on any atom is 0.0586 e. The van der Waals surface area contributed by atoms with Gasteiger partial charge < -0.3 is 4.90 Å². The standard InChI is InChI=1S/C15H25N3S/c1-17-8-10-18(11-9-17)16-15(13-5-2-3-6-13)14-7-4-12-19-14/h4,7,12-13,15-16H,2-3,5-6,8-11H2,1H3. The van der Waals surface area contributed by atoms with Crippen LogP contribution in [-0.2, 0) is 0 Å². The lowest BCUT2D eigenvalue weighted by Crippen LogP contribution is -2.52. The summed E-state index contributed by atoms with van der Waals surface area (Å²) in [5.74, 6) is 0.832. The number of piperazine rings is 1. The molecule has 1 aliphatic carbocycles. The number of thiophene rings is 1. The van der Waals surface area contributed by atoms with E-state index >= 15 is 0 Å². The molecule has 2 fully saturated rings. The van der Waals surface area contributed by atoms with Crippen molar-refractivity contribution in [2.75, 3.05) is 33.2 Å². The minimum atomic E-state index is 0.547. The number of nitrogens with one attached hydrogen (secondary N) is 1. The molecular formula is C15H25N3S. The van der Waals surface area contributed by atoms with Crippen LogP contribution in [0.3, 0.4) is 0 Å². The monoisotopic (exact) mass is 279 g/mol. The highest BCUT2D eigenvalue weighted by Gasteiger charge is 2.29. The van der Waals surface area contributed by atoms with Gasteiger partial charge in [-0.05, 0) is 37.3 Å². The highest BCUT2D eigenvalue weighted by molar-refractivity contribution is 7.10. The fraction of sp³-hybridized carbons (Fsp3) is 0.733. The highest BCUT2D eigenvalue weighted by atomic mass is 32.1. The zero-order valence-electron chi connectivity index (χ0n) is 11.8. The van der Waals surface area contributed by atoms with Gasteiger partial charge in [-0.1, -0.05) is 18.9 Å². The Kier molecular flexibility index (Phi) is 4.53. The number of hydrogen-bond donors (Lipinski definition) is 1. The molecule has 106 valence electrons. The Morgan fingerprint density at radius 1 is 1.21 bits per heavy atom. The maximum absolute atomic E-state index is 3.84. The molecule has 2 aliphatic rings. The third kappa shape index (κ3) is 3.37. The van der Waals surface area contributed by atoms with E-state index in [1.165, 1.54) is 43.6 Å². The summed E-state index contributed by atoms with van der Waals surface area (Å²) >= 11 is 1.91. The van der Waals surface area contributed by atoms with Gasteiger partial charge in [-0.25, -0.2) is 10.4 Å². The maximum atomic E-state index is 3.84. The van der Waals surface area contributed by atoms with Crippen LogP contribution in [0.5, 0.6) is 0 Å². The summed E-state index contributed by atoms with van der Waals surface area (Å²) in [5, 5.41) is 4.66. The zero-order chi connectivity index (χ0) is 13.1. The second kappa shape index (κ2) is 6.35. The molecule has 1 unspecified atom stereocenters. The molecule has 1 N–H and O–H groups in total. The molecule has 0 bridgehead atoms. The quantitative estimate of drug-likeness (QED) is 0.914. The van der Waals surface area contributed by atoms with E-state index in [4.69, 9.17) is 0 Å². The summed E-state index contributed by atoms with van der Waals surface area (Å²) in [5.41, 5.74) is 3.84. The van der Waals surface area contributed by atoms with Crippen LogP contribution in [0.1, 0.15) is 36.6 Å². The Balaban J connectivity index is 1.65. The number of hydrogen-bond acceptors (Lipinski definition) is 4. The first-order valence-corrected chi connectivity index (χ1v) is 8.44. The molecule has 0 aromatic carbocycles. The summed E-state index contributed by atoms with van der Waals surface area (Å²) in [6.07, 6.45) is 5.61. The van der Waals surface area contributed by atoms with Gasteiger partial charge in [0.25, 0.3) is 0 Å². The normalized spacial score (nSPS) is 24.9. The van der Waals surface area contributed by atoms with Gasteiger partial charge in [-0.2, -0.15) is 0 Å². The first kappa shape index (κ1) is 13.6. The van der Waals surface area contributed by atoms with E-state index in [1.807, 2.05) is 11.3 Å². The molecule has 0 radical (unpaired) electrons. The van der Waals surface area contributed by atoms with Gasteiger partial charge >= 0.3 is 0 Å². The fourth-order valence-corrected chi connectivity index (χ4v) is 4.16. The molecule has 1 aliphatic heterocycles. The van der Waals surface area contributed by atoms with Crippen LogP contribution in [0.4, 0.5) is 0 Å². The third-order valence-corrected chi connectivity index (χ3v) is 5.50. The minimum absolute atomic E-state index is 0.547. The number of likely N-dealkylation sites (N-methyl/N-ethyl adjacent to an activating group) is 1. The second-order valence-corrected chi connectivity index (χ2v) is 6.94. The lowest BCUT2D eigenvalue weighted by molar-refractivity contribution is 0.0740. The molecule has 1 atom stereocenters. The van der Waals surface area contributed by atoms with Gasteiger partial charge in [-0.3, -0.25) is 0 Å². The van der Waals surface area contributed by atoms with E-state index in [1.54, 1.807) is 0 Å². The minimum Gasteiger partial charge on any atom is -0.304 e. The molecule has 1 saturated carbocycles. The number of hydrazine groups is 1. The van der Waals surface area contributed by atoms with Gasteiger partial charge in [0.2, 0.25) is 0 Å². The van der Waals surface area contributed by atoms with E-state index in [-0.39, 0.29) is 0 Å². The van der Waals surface area contributed by atoms with Crippen molar-refractivity contribution in [2.24, 2.45) is 5.92 Å². The molecule has 0 spiro atoms. The summed E-state index contributed by atoms with van der Waals surface area (Å²) in [6, 6.07) is 5.04. The van der Waals surface area contributed by atoms with Crippen molar-refractivity contribution in [1.82, 2.24) is 15.3 Å². The predicted molar refractivity (Wildman–Crippen MR) is 81.2 cm³/mol. The molecule has 4 heteroatoms. The summed E-state index contributed by atoms with van der Waals surface area (Å²) in [6.45, 7) is 4.64. The number of nitrogens with zero attached hydrogens (tertiary/aromatic N) is 2. The Labute approximate surface area is 120 Å². The molecule has 19 heavy (non-hydrogen) atoms. The fourth-order valence-electron chi connectivity index (χ4n) is 3.29. The predicted octanol–water partition coefficient (Wildman–Crippen LogP) is 2.73. The van der Waals surface area contributed by atoms with Crippen molar-refractivity contribution in [2.45, 2.75) is 31.7 Å². The molecular weight excluding hydrogens is 254 g/mol. The average Bonchev–Trinajstić information content (AvgIpc) is 3.11. The Morgan fingerprint density at radius 3 is 2.58 bits per heavy atom. The summed E-state index contributed by atoms with van der Waals surface area (Å²) < 4.78 is 0. The van der Waals surface area contributed by atoms with Crippen LogP contribution in [0.15, 0.2) is 17.5 Å². The van der Waals surface area contributed by atoms with Crippen LogP contribution in [0.2, 0.25) is 0 Å². The van der Waals surface area contributed by atoms with Gasteiger partial charge in [0.05, 0.1) is 6.04 Å². The SMILES string of the molecule is CN1CCN(NC(c2cccs2)C2CCCC2)CC1. The first-order valence-electron chi connectivity index (χ1n) is 7.56. The molecule has 3 nitrogen and oxygen atoms in total. The van der Waals surface area contributed by atoms with Crippen molar-refractivity contribution >= 4 is 11.3 Å². The van der Waals surface area contributed by atoms with Crippen LogP contribution in [0, 0.1) is 5.92 Å². The third-order valence-electron chi connectivity index (χ3n) is 4.55. The van der Waals surface area contributed by atoms with Crippen LogP contribution in [0.25, 0.3) is 0 Å². The molecule has 0 amide bonds. The van der Waals surface area contributed by atoms with Gasteiger partial charge in [0.15, 0.2) is 0 Å². The van der Waals surface area contributed by atoms with Gasteiger partial charge in [0, 0.05) is 31.1 Å². The van der Waals surface area contributed by atoms with E-state index < -0.39 is 0 Å². The Bertz CT molecular complexity index is 365. The lowest BCUT2D eigenvalue weighted by Gasteiger charge is -2.37. The lowest BCUT2D eigenvalue weighted by atomic mass is 9.97. The van der Waals surface area contributed by atoms with Crippen molar-refractivity contribution in [1.29, 1.82) is 0 Å². The van der Waals surface area contributed by atoms with E-state index in [9.17, 15) is 0 Å². The number of rotatable bonds is 4. The first-order chi connectivity index (χ1) is 9.33. The van der Waals surface area contributed by atoms with Crippen molar-refractivity contribution in [3.63, 3.8) is 0 Å². The average molecular weight is 279 g/mol. The molecule has 1 aromatic heterocycles. The van der Waals surface area contributed by atoms with Crippen LogP contribution in [-0.4, -0.2) is 43.1 Å². The molecule has 1 saturated heterocycles. The van der Waals surface area contributed by atoms with E-state index in [0.29, 0.717) is 6.04 Å². The van der Waals surface area contributed by atoms with Gasteiger partial charge in [0.1, 0.15) is 0 Å². The Morgan fingerprint density at radius 2 is 1.95 bits per heavy atom. The summed E-state index contributed by atoms with van der Waals surface area (Å²) in [4.78, 5) is 3.93. The van der Waals surface area contributed by atoms with Crippen LogP contribution >= 0.6 is 11.3 Å². The second-order valence-electron chi connectivity index (χ2n) is 5.96. The van der Waals surface area contributed by atoms with Crippen molar-refractivity contribution in [3.8, 4) is 0 Å². The summed E-state index contributed by atoms with van der Waals surface area (Å²) in [7, 11) is 2.21. The van der Waals surface area contributed by atoms with Crippen LogP contribution < -0.4 is 5.43 Å². The highest BCUT2D eigenvalue weighted by Crippen LogP contribution is 2.37. The smallest absolute Gasteiger partial charge is 0.0586 e. The van der Waals surface area contributed by atoms with Crippen molar-refractivity contribution in [3.05, 3.63) is 22.4 Å². The van der Waals surface area contributed by atoms with Crippen molar-refractivity contribution < 1.29 is 0 Å². The van der Waals surface area contributed by atoms with E-state index in [2.05, 4.69) is 39.9 Å². The Hall–Kier alpha value is -0.420. The van der Waals surface area contributed by atoms with Gasteiger partial charge in [-0.15, -0.1) is 11.3 Å². The topological polar surface area (TPSA) is 18.5 Å². The largest absolute Gasteiger partial charge is 0.304 e. The molecule has 1 aromatic rings. The zero-order valence-corrected chi connectivity index (χ0v) is 12.7. The van der Waals surface area contributed by atoms with E-state index in [0.717, 1.165) is 19.0 Å². The molecule has 2 heterocycles.